The molecule has 0 atom stereocenters. The summed E-state index contributed by atoms with van der Waals surface area (Å²) >= 11 is 11.7. The zero-order chi connectivity index (χ0) is 9.26. The Morgan fingerprint density at radius 1 is 1.08 bits per heavy atom. The lowest BCUT2D eigenvalue weighted by atomic mass is 10.3. The molecule has 0 unspecified atom stereocenters. The van der Waals surface area contributed by atoms with Crippen molar-refractivity contribution in [3.05, 3.63) is 52.8 Å². The lowest BCUT2D eigenvalue weighted by Gasteiger charge is -2.03. The van der Waals surface area contributed by atoms with Crippen LogP contribution in [0, 0.1) is 6.20 Å². The monoisotopic (exact) mass is 210 g/mol. The van der Waals surface area contributed by atoms with E-state index in [2.05, 4.69) is 6.20 Å². The van der Waals surface area contributed by atoms with E-state index in [0.29, 0.717) is 10.0 Å². The highest BCUT2D eigenvalue weighted by Gasteiger charge is 1.98. The average molecular weight is 211 g/mol. The number of benzene rings is 1. The summed E-state index contributed by atoms with van der Waals surface area (Å²) < 4.78 is 1.83. The van der Waals surface area contributed by atoms with E-state index < -0.39 is 0 Å². The predicted molar refractivity (Wildman–Crippen MR) is 54.6 cm³/mol. The van der Waals surface area contributed by atoms with Crippen LogP contribution >= 0.6 is 23.2 Å². The quantitative estimate of drug-likeness (QED) is 0.679. The Morgan fingerprint density at radius 3 is 2.31 bits per heavy atom. The standard InChI is InChI=1S/C10H6Cl2N/c11-8-5-9(12)7-10(6-8)13-3-1-2-4-13/h1-3,5-7H. The van der Waals surface area contributed by atoms with Crippen LogP contribution < -0.4 is 0 Å². The smallest absolute Gasteiger partial charge is 0.0697 e. The van der Waals surface area contributed by atoms with Gasteiger partial charge in [-0.2, -0.15) is 0 Å². The van der Waals surface area contributed by atoms with Gasteiger partial charge in [0.05, 0.1) is 6.20 Å². The molecule has 0 spiro atoms. The molecule has 0 aliphatic heterocycles. The van der Waals surface area contributed by atoms with Crippen LogP contribution in [0.5, 0.6) is 0 Å². The van der Waals surface area contributed by atoms with Crippen LogP contribution in [0.1, 0.15) is 0 Å². The maximum Gasteiger partial charge on any atom is 0.0697 e. The van der Waals surface area contributed by atoms with E-state index in [-0.39, 0.29) is 0 Å². The Kier molecular flexibility index (Phi) is 2.30. The second-order valence-electron chi connectivity index (χ2n) is 2.63. The Hall–Kier alpha value is -0.920. The number of hydrogen-bond donors (Lipinski definition) is 0. The summed E-state index contributed by atoms with van der Waals surface area (Å²) in [6, 6.07) is 9.10. The summed E-state index contributed by atoms with van der Waals surface area (Å²) in [7, 11) is 0. The number of rotatable bonds is 1. The van der Waals surface area contributed by atoms with Gasteiger partial charge in [-0.1, -0.05) is 23.2 Å². The first-order chi connectivity index (χ1) is 6.25. The highest BCUT2D eigenvalue weighted by atomic mass is 35.5. The SMILES string of the molecule is Clc1cc(Cl)cc(-n2[c]ccc2)c1. The third kappa shape index (κ3) is 1.87. The molecule has 0 N–H and O–H groups in total. The van der Waals surface area contributed by atoms with Crippen molar-refractivity contribution in [2.24, 2.45) is 0 Å². The highest BCUT2D eigenvalue weighted by Crippen LogP contribution is 2.21. The molecule has 65 valence electrons. The second-order valence-corrected chi connectivity index (χ2v) is 3.51. The van der Waals surface area contributed by atoms with Gasteiger partial charge in [0.25, 0.3) is 0 Å². The van der Waals surface area contributed by atoms with Gasteiger partial charge in [-0.3, -0.25) is 0 Å². The maximum absolute atomic E-state index is 5.86. The van der Waals surface area contributed by atoms with E-state index in [1.165, 1.54) is 0 Å². The van der Waals surface area contributed by atoms with Crippen LogP contribution in [0.4, 0.5) is 0 Å². The van der Waals surface area contributed by atoms with Crippen molar-refractivity contribution in [2.75, 3.05) is 0 Å². The first kappa shape index (κ1) is 8.67. The molecule has 1 aromatic carbocycles. The van der Waals surface area contributed by atoms with Crippen molar-refractivity contribution in [3.8, 4) is 5.69 Å². The molecule has 0 aliphatic carbocycles. The number of halogens is 2. The molecule has 0 bridgehead atoms. The molecule has 1 aromatic heterocycles. The number of hydrogen-bond acceptors (Lipinski definition) is 0. The zero-order valence-corrected chi connectivity index (χ0v) is 8.18. The molecule has 0 aliphatic rings. The topological polar surface area (TPSA) is 4.93 Å². The number of nitrogens with zero attached hydrogens (tertiary/aromatic N) is 1. The van der Waals surface area contributed by atoms with Crippen LogP contribution in [-0.2, 0) is 0 Å². The lowest BCUT2D eigenvalue weighted by molar-refractivity contribution is 1.07. The van der Waals surface area contributed by atoms with Gasteiger partial charge in [-0.25, -0.2) is 0 Å². The Balaban J connectivity index is 2.53. The van der Waals surface area contributed by atoms with Crippen molar-refractivity contribution in [1.82, 2.24) is 4.57 Å². The van der Waals surface area contributed by atoms with Crippen LogP contribution in [0.15, 0.2) is 36.5 Å². The van der Waals surface area contributed by atoms with Crippen LogP contribution in [0.2, 0.25) is 10.0 Å². The highest BCUT2D eigenvalue weighted by molar-refractivity contribution is 6.34. The van der Waals surface area contributed by atoms with Crippen molar-refractivity contribution >= 4 is 23.2 Å². The summed E-state index contributed by atoms with van der Waals surface area (Å²) in [6.07, 6.45) is 4.90. The summed E-state index contributed by atoms with van der Waals surface area (Å²) in [5, 5.41) is 1.26. The molecule has 0 fully saturated rings. The molecule has 1 heterocycles. The molecule has 2 aromatic rings. The van der Waals surface area contributed by atoms with Crippen molar-refractivity contribution < 1.29 is 0 Å². The third-order valence-corrected chi connectivity index (χ3v) is 2.11. The van der Waals surface area contributed by atoms with Gasteiger partial charge in [0.2, 0.25) is 0 Å². The van der Waals surface area contributed by atoms with E-state index in [0.717, 1.165) is 5.69 Å². The Labute approximate surface area is 86.5 Å². The first-order valence-electron chi connectivity index (χ1n) is 3.77. The van der Waals surface area contributed by atoms with Crippen LogP contribution in [-0.4, -0.2) is 4.57 Å². The number of aromatic nitrogens is 1. The Morgan fingerprint density at radius 2 is 1.77 bits per heavy atom. The van der Waals surface area contributed by atoms with Crippen LogP contribution in [0.25, 0.3) is 5.69 Å². The minimum Gasteiger partial charge on any atom is -0.315 e. The van der Waals surface area contributed by atoms with Gasteiger partial charge in [0.15, 0.2) is 0 Å². The second kappa shape index (κ2) is 3.44. The van der Waals surface area contributed by atoms with Gasteiger partial charge in [-0.05, 0) is 30.3 Å². The van der Waals surface area contributed by atoms with Crippen molar-refractivity contribution in [1.29, 1.82) is 0 Å². The lowest BCUT2D eigenvalue weighted by Crippen LogP contribution is -1.89. The molecule has 1 nitrogen and oxygen atoms in total. The molecule has 0 saturated heterocycles. The molecule has 1 radical (unpaired) electrons. The summed E-state index contributed by atoms with van der Waals surface area (Å²) in [5.41, 5.74) is 0.919. The van der Waals surface area contributed by atoms with E-state index in [9.17, 15) is 0 Å². The summed E-state index contributed by atoms with van der Waals surface area (Å²) in [5.74, 6) is 0. The maximum atomic E-state index is 5.86. The van der Waals surface area contributed by atoms with Gasteiger partial charge < -0.3 is 4.57 Å². The van der Waals surface area contributed by atoms with Crippen LogP contribution in [0.3, 0.4) is 0 Å². The van der Waals surface area contributed by atoms with Crippen molar-refractivity contribution in [3.63, 3.8) is 0 Å². The van der Waals surface area contributed by atoms with Gasteiger partial charge >= 0.3 is 0 Å². The predicted octanol–water partition coefficient (Wildman–Crippen LogP) is 3.58. The zero-order valence-electron chi connectivity index (χ0n) is 6.67. The molecule has 0 saturated carbocycles. The van der Waals surface area contributed by atoms with Gasteiger partial charge in [0.1, 0.15) is 0 Å². The fourth-order valence-corrected chi connectivity index (χ4v) is 1.65. The molecule has 2 rings (SSSR count). The Bertz CT molecular complexity index is 387. The van der Waals surface area contributed by atoms with E-state index >= 15 is 0 Å². The minimum atomic E-state index is 0.629. The molecule has 3 heteroatoms. The molecular formula is C10H6Cl2N. The van der Waals surface area contributed by atoms with E-state index in [4.69, 9.17) is 23.2 Å². The van der Waals surface area contributed by atoms with Gasteiger partial charge in [0, 0.05) is 21.9 Å². The first-order valence-corrected chi connectivity index (χ1v) is 4.53. The molecule has 13 heavy (non-hydrogen) atoms. The summed E-state index contributed by atoms with van der Waals surface area (Å²) in [6.45, 7) is 0. The minimum absolute atomic E-state index is 0.629. The largest absolute Gasteiger partial charge is 0.315 e. The average Bonchev–Trinajstić information content (AvgIpc) is 2.53. The molecular weight excluding hydrogens is 205 g/mol. The fourth-order valence-electron chi connectivity index (χ4n) is 1.13. The van der Waals surface area contributed by atoms with Crippen molar-refractivity contribution in [2.45, 2.75) is 0 Å². The summed E-state index contributed by atoms with van der Waals surface area (Å²) in [4.78, 5) is 0. The third-order valence-electron chi connectivity index (χ3n) is 1.67. The normalized spacial score (nSPS) is 10.3. The molecule has 0 amide bonds. The fraction of sp³-hybridized carbons (Fsp3) is 0. The van der Waals surface area contributed by atoms with Gasteiger partial charge in [-0.15, -0.1) is 0 Å². The van der Waals surface area contributed by atoms with E-state index in [1.807, 2.05) is 35.0 Å². The van der Waals surface area contributed by atoms with E-state index in [1.54, 1.807) is 6.07 Å².